The standard InChI is InChI=1S/C27H35N3O4/c1-5-7-8-11-18-30-24(28-26(29-30)27(6-2,33-3)34-4)19-20-14-16-21(17-15-20)22-12-9-10-13-23(22)25(31)32/h9-10,12-17H,5-8,11,18-19H2,1-4H3,(H,31,32). The number of carboxylic acid groups (broad SMARTS) is 1. The van der Waals surface area contributed by atoms with Crippen molar-refractivity contribution in [2.24, 2.45) is 0 Å². The molecule has 2 aromatic carbocycles. The van der Waals surface area contributed by atoms with Crippen molar-refractivity contribution in [3.8, 4) is 11.1 Å². The molecule has 7 heteroatoms. The molecule has 0 bridgehead atoms. The van der Waals surface area contributed by atoms with Crippen molar-refractivity contribution in [1.82, 2.24) is 14.8 Å². The van der Waals surface area contributed by atoms with E-state index >= 15 is 0 Å². The number of aromatic carboxylic acids is 1. The van der Waals surface area contributed by atoms with Crippen molar-refractivity contribution in [1.29, 1.82) is 0 Å². The van der Waals surface area contributed by atoms with E-state index in [0.29, 0.717) is 29.8 Å². The maximum atomic E-state index is 11.6. The number of benzene rings is 2. The number of hydrogen-bond donors (Lipinski definition) is 1. The Morgan fingerprint density at radius 2 is 1.71 bits per heavy atom. The van der Waals surface area contributed by atoms with Gasteiger partial charge >= 0.3 is 5.97 Å². The lowest BCUT2D eigenvalue weighted by Crippen LogP contribution is -2.31. The van der Waals surface area contributed by atoms with Gasteiger partial charge < -0.3 is 14.6 Å². The maximum Gasteiger partial charge on any atom is 0.336 e. The molecule has 0 saturated carbocycles. The van der Waals surface area contributed by atoms with Gasteiger partial charge in [-0.1, -0.05) is 75.6 Å². The summed E-state index contributed by atoms with van der Waals surface area (Å²) < 4.78 is 13.3. The van der Waals surface area contributed by atoms with E-state index in [1.54, 1.807) is 26.4 Å². The normalized spacial score (nSPS) is 11.6. The Bertz CT molecular complexity index is 1060. The predicted molar refractivity (Wildman–Crippen MR) is 132 cm³/mol. The van der Waals surface area contributed by atoms with E-state index in [0.717, 1.165) is 36.3 Å². The first-order valence-electron chi connectivity index (χ1n) is 11.9. The lowest BCUT2D eigenvalue weighted by atomic mass is 9.98. The number of aromatic nitrogens is 3. The van der Waals surface area contributed by atoms with Crippen molar-refractivity contribution >= 4 is 5.97 Å². The average molecular weight is 466 g/mol. The van der Waals surface area contributed by atoms with Crippen LogP contribution in [0, 0.1) is 0 Å². The molecular formula is C27H35N3O4. The zero-order chi connectivity index (χ0) is 24.6. The molecule has 0 fully saturated rings. The molecule has 182 valence electrons. The highest BCUT2D eigenvalue weighted by Gasteiger charge is 2.35. The molecule has 0 unspecified atom stereocenters. The van der Waals surface area contributed by atoms with Crippen LogP contribution in [0.3, 0.4) is 0 Å². The molecule has 34 heavy (non-hydrogen) atoms. The number of ether oxygens (including phenoxy) is 2. The molecule has 7 nitrogen and oxygen atoms in total. The van der Waals surface area contributed by atoms with Crippen LogP contribution in [0.25, 0.3) is 11.1 Å². The SMILES string of the molecule is CCCCCCn1nc(C(CC)(OC)OC)nc1Cc1ccc(-c2ccccc2C(=O)O)cc1. The molecule has 1 aromatic heterocycles. The second-order valence-electron chi connectivity index (χ2n) is 8.37. The number of carboxylic acids is 1. The van der Waals surface area contributed by atoms with E-state index in [1.165, 1.54) is 12.8 Å². The molecule has 0 aliphatic carbocycles. The van der Waals surface area contributed by atoms with Gasteiger partial charge in [-0.2, -0.15) is 5.10 Å². The van der Waals surface area contributed by atoms with Crippen LogP contribution in [0.2, 0.25) is 0 Å². The van der Waals surface area contributed by atoms with Crippen LogP contribution in [-0.4, -0.2) is 40.1 Å². The first kappa shape index (κ1) is 25.6. The summed E-state index contributed by atoms with van der Waals surface area (Å²) in [5.74, 6) is -0.498. The summed E-state index contributed by atoms with van der Waals surface area (Å²) in [6, 6.07) is 15.0. The number of aryl methyl sites for hydroxylation is 1. The summed E-state index contributed by atoms with van der Waals surface area (Å²) in [6.07, 6.45) is 5.76. The Balaban J connectivity index is 1.88. The highest BCUT2D eigenvalue weighted by molar-refractivity contribution is 5.95. The zero-order valence-corrected chi connectivity index (χ0v) is 20.6. The van der Waals surface area contributed by atoms with Crippen LogP contribution in [0.5, 0.6) is 0 Å². The van der Waals surface area contributed by atoms with Crippen LogP contribution >= 0.6 is 0 Å². The first-order chi connectivity index (χ1) is 16.5. The van der Waals surface area contributed by atoms with Gasteiger partial charge in [0.25, 0.3) is 0 Å². The molecule has 3 rings (SSSR count). The molecule has 0 aliphatic heterocycles. The molecule has 1 heterocycles. The fourth-order valence-corrected chi connectivity index (χ4v) is 4.15. The molecule has 1 N–H and O–H groups in total. The van der Waals surface area contributed by atoms with Gasteiger partial charge in [-0.15, -0.1) is 0 Å². The van der Waals surface area contributed by atoms with Crippen LogP contribution in [-0.2, 0) is 28.2 Å². The lowest BCUT2D eigenvalue weighted by molar-refractivity contribution is -0.222. The average Bonchev–Trinajstić information content (AvgIpc) is 3.26. The molecule has 0 aliphatic rings. The van der Waals surface area contributed by atoms with Crippen molar-refractivity contribution in [2.75, 3.05) is 14.2 Å². The number of rotatable bonds is 13. The van der Waals surface area contributed by atoms with E-state index in [1.807, 2.05) is 48.0 Å². The summed E-state index contributed by atoms with van der Waals surface area (Å²) in [4.78, 5) is 16.4. The quantitative estimate of drug-likeness (QED) is 0.259. The molecule has 0 radical (unpaired) electrons. The van der Waals surface area contributed by atoms with Crippen molar-refractivity contribution < 1.29 is 19.4 Å². The Hall–Kier alpha value is -3.03. The fraction of sp³-hybridized carbons (Fsp3) is 0.444. The van der Waals surface area contributed by atoms with Gasteiger partial charge in [0.1, 0.15) is 5.82 Å². The summed E-state index contributed by atoms with van der Waals surface area (Å²) in [7, 11) is 3.23. The van der Waals surface area contributed by atoms with E-state index in [-0.39, 0.29) is 0 Å². The largest absolute Gasteiger partial charge is 0.478 e. The summed E-state index contributed by atoms with van der Waals surface area (Å²) >= 11 is 0. The maximum absolute atomic E-state index is 11.6. The molecule has 0 saturated heterocycles. The second-order valence-corrected chi connectivity index (χ2v) is 8.37. The zero-order valence-electron chi connectivity index (χ0n) is 20.6. The first-order valence-corrected chi connectivity index (χ1v) is 11.9. The van der Waals surface area contributed by atoms with E-state index in [9.17, 15) is 9.90 Å². The Labute approximate surface area is 201 Å². The third kappa shape index (κ3) is 5.72. The smallest absolute Gasteiger partial charge is 0.336 e. The van der Waals surface area contributed by atoms with E-state index < -0.39 is 11.8 Å². The minimum Gasteiger partial charge on any atom is -0.478 e. The Morgan fingerprint density at radius 3 is 2.32 bits per heavy atom. The third-order valence-electron chi connectivity index (χ3n) is 6.22. The molecule has 0 spiro atoms. The summed E-state index contributed by atoms with van der Waals surface area (Å²) in [6.45, 7) is 4.98. The molecule has 0 atom stereocenters. The van der Waals surface area contributed by atoms with Gasteiger partial charge in [0.2, 0.25) is 11.6 Å². The highest BCUT2D eigenvalue weighted by atomic mass is 16.7. The number of nitrogens with zero attached hydrogens (tertiary/aromatic N) is 3. The van der Waals surface area contributed by atoms with Crippen LogP contribution in [0.4, 0.5) is 0 Å². The number of carbonyl (C=O) groups is 1. The lowest BCUT2D eigenvalue weighted by Gasteiger charge is -2.26. The molecular weight excluding hydrogens is 430 g/mol. The highest BCUT2D eigenvalue weighted by Crippen LogP contribution is 2.28. The fourth-order valence-electron chi connectivity index (χ4n) is 4.15. The third-order valence-corrected chi connectivity index (χ3v) is 6.22. The number of methoxy groups -OCH3 is 2. The van der Waals surface area contributed by atoms with Crippen molar-refractivity contribution in [2.45, 2.75) is 64.7 Å². The predicted octanol–water partition coefficient (Wildman–Crippen LogP) is 5.67. The van der Waals surface area contributed by atoms with Gasteiger partial charge in [-0.25, -0.2) is 14.5 Å². The van der Waals surface area contributed by atoms with Gasteiger partial charge in [-0.3, -0.25) is 0 Å². The van der Waals surface area contributed by atoms with Gasteiger partial charge in [0.05, 0.1) is 5.56 Å². The van der Waals surface area contributed by atoms with Crippen LogP contribution in [0.15, 0.2) is 48.5 Å². The van der Waals surface area contributed by atoms with Gasteiger partial charge in [0, 0.05) is 33.6 Å². The molecule has 3 aromatic rings. The van der Waals surface area contributed by atoms with Crippen LogP contribution in [0.1, 0.15) is 73.5 Å². The van der Waals surface area contributed by atoms with Gasteiger partial charge in [-0.05, 0) is 29.2 Å². The minimum atomic E-state index is -0.964. The van der Waals surface area contributed by atoms with Crippen LogP contribution < -0.4 is 0 Å². The Morgan fingerprint density at radius 1 is 1.00 bits per heavy atom. The monoisotopic (exact) mass is 465 g/mol. The van der Waals surface area contributed by atoms with Crippen molar-refractivity contribution in [3.63, 3.8) is 0 Å². The summed E-state index contributed by atoms with van der Waals surface area (Å²) in [5.41, 5.74) is 2.94. The van der Waals surface area contributed by atoms with Gasteiger partial charge in [0.15, 0.2) is 0 Å². The Kier molecular flexibility index (Phi) is 8.96. The number of unbranched alkanes of at least 4 members (excludes halogenated alkanes) is 3. The van der Waals surface area contributed by atoms with E-state index in [4.69, 9.17) is 19.6 Å². The number of hydrogen-bond acceptors (Lipinski definition) is 5. The summed E-state index contributed by atoms with van der Waals surface area (Å²) in [5, 5.41) is 14.3. The topological polar surface area (TPSA) is 86.5 Å². The van der Waals surface area contributed by atoms with E-state index in [2.05, 4.69) is 6.92 Å². The second kappa shape index (κ2) is 11.9. The van der Waals surface area contributed by atoms with Crippen molar-refractivity contribution in [3.05, 3.63) is 71.3 Å². The molecule has 0 amide bonds. The minimum absolute atomic E-state index is 0.293.